The Labute approximate surface area is 102 Å². The van der Waals surface area contributed by atoms with Crippen molar-refractivity contribution in [2.75, 3.05) is 6.54 Å². The van der Waals surface area contributed by atoms with Crippen molar-refractivity contribution in [2.24, 2.45) is 5.73 Å². The predicted molar refractivity (Wildman–Crippen MR) is 65.1 cm³/mol. The van der Waals surface area contributed by atoms with Crippen LogP contribution in [-0.2, 0) is 0 Å². The van der Waals surface area contributed by atoms with E-state index in [1.54, 1.807) is 18.2 Å². The van der Waals surface area contributed by atoms with Crippen LogP contribution in [0.2, 0.25) is 5.02 Å². The van der Waals surface area contributed by atoms with Crippen molar-refractivity contribution in [3.05, 3.63) is 33.3 Å². The largest absolute Gasteiger partial charge is 0.350 e. The molecule has 1 amide bonds. The van der Waals surface area contributed by atoms with Crippen LogP contribution in [0.25, 0.3) is 0 Å². The number of amides is 1. The Bertz CT molecular complexity index is 368. The molecule has 1 rings (SSSR count). The lowest BCUT2D eigenvalue weighted by Gasteiger charge is -2.09. The molecule has 5 heteroatoms. The zero-order valence-electron chi connectivity index (χ0n) is 8.26. The molecule has 15 heavy (non-hydrogen) atoms. The minimum atomic E-state index is -0.157. The standard InChI is InChI=1S/C10H12BrClN2O/c1-6(13)5-14-10(15)8-3-2-7(12)4-9(8)11/h2-4,6H,5,13H2,1H3,(H,14,15). The zero-order chi connectivity index (χ0) is 11.4. The maximum absolute atomic E-state index is 11.6. The first-order chi connectivity index (χ1) is 7.00. The average Bonchev–Trinajstić information content (AvgIpc) is 2.14. The Morgan fingerprint density at radius 1 is 1.67 bits per heavy atom. The summed E-state index contributed by atoms with van der Waals surface area (Å²) in [6.45, 7) is 2.28. The van der Waals surface area contributed by atoms with Crippen LogP contribution in [0.3, 0.4) is 0 Å². The third-order valence-corrected chi connectivity index (χ3v) is 2.65. The van der Waals surface area contributed by atoms with Gasteiger partial charge in [0, 0.05) is 22.1 Å². The lowest BCUT2D eigenvalue weighted by molar-refractivity contribution is 0.0951. The molecular formula is C10H12BrClN2O. The molecule has 0 radical (unpaired) electrons. The first-order valence-electron chi connectivity index (χ1n) is 4.49. The van der Waals surface area contributed by atoms with E-state index in [4.69, 9.17) is 17.3 Å². The smallest absolute Gasteiger partial charge is 0.252 e. The lowest BCUT2D eigenvalue weighted by atomic mass is 10.2. The first-order valence-corrected chi connectivity index (χ1v) is 5.66. The summed E-state index contributed by atoms with van der Waals surface area (Å²) in [4.78, 5) is 11.6. The maximum Gasteiger partial charge on any atom is 0.252 e. The van der Waals surface area contributed by atoms with Gasteiger partial charge in [0.2, 0.25) is 0 Å². The minimum Gasteiger partial charge on any atom is -0.350 e. The SMILES string of the molecule is CC(N)CNC(=O)c1ccc(Cl)cc1Br. The molecule has 1 atom stereocenters. The van der Waals surface area contributed by atoms with Crippen molar-refractivity contribution in [1.82, 2.24) is 5.32 Å². The summed E-state index contributed by atoms with van der Waals surface area (Å²) in [5.41, 5.74) is 6.09. The molecule has 1 unspecified atom stereocenters. The molecule has 1 aromatic rings. The normalized spacial score (nSPS) is 12.3. The van der Waals surface area contributed by atoms with Gasteiger partial charge >= 0.3 is 0 Å². The molecule has 1 aromatic carbocycles. The molecule has 0 spiro atoms. The van der Waals surface area contributed by atoms with Crippen molar-refractivity contribution in [2.45, 2.75) is 13.0 Å². The number of rotatable bonds is 3. The van der Waals surface area contributed by atoms with Crippen LogP contribution in [-0.4, -0.2) is 18.5 Å². The van der Waals surface area contributed by atoms with Crippen LogP contribution in [0.1, 0.15) is 17.3 Å². The Kier molecular flexibility index (Phi) is 4.57. The molecule has 0 aliphatic carbocycles. The summed E-state index contributed by atoms with van der Waals surface area (Å²) < 4.78 is 0.678. The molecule has 0 saturated heterocycles. The van der Waals surface area contributed by atoms with Gasteiger partial charge in [-0.05, 0) is 41.1 Å². The maximum atomic E-state index is 11.6. The molecule has 0 aliphatic rings. The Hall–Kier alpha value is -0.580. The van der Waals surface area contributed by atoms with Gasteiger partial charge in [-0.1, -0.05) is 11.6 Å². The van der Waals surface area contributed by atoms with Crippen LogP contribution in [0.5, 0.6) is 0 Å². The molecule has 0 fully saturated rings. The highest BCUT2D eigenvalue weighted by Crippen LogP contribution is 2.21. The van der Waals surface area contributed by atoms with Gasteiger partial charge in [-0.3, -0.25) is 4.79 Å². The van der Waals surface area contributed by atoms with Gasteiger partial charge in [-0.25, -0.2) is 0 Å². The summed E-state index contributed by atoms with van der Waals surface area (Å²) in [5, 5.41) is 3.31. The van der Waals surface area contributed by atoms with Gasteiger partial charge in [-0.15, -0.1) is 0 Å². The molecule has 0 aliphatic heterocycles. The number of carbonyl (C=O) groups excluding carboxylic acids is 1. The number of benzene rings is 1. The van der Waals surface area contributed by atoms with Gasteiger partial charge in [0.1, 0.15) is 0 Å². The minimum absolute atomic E-state index is 0.0555. The van der Waals surface area contributed by atoms with Gasteiger partial charge in [0.25, 0.3) is 5.91 Å². The second-order valence-corrected chi connectivity index (χ2v) is 4.60. The summed E-state index contributed by atoms with van der Waals surface area (Å²) in [7, 11) is 0. The summed E-state index contributed by atoms with van der Waals surface area (Å²) in [5.74, 6) is -0.157. The third kappa shape index (κ3) is 3.81. The molecule has 3 nitrogen and oxygen atoms in total. The van der Waals surface area contributed by atoms with Gasteiger partial charge in [0.15, 0.2) is 0 Å². The van der Waals surface area contributed by atoms with E-state index >= 15 is 0 Å². The quantitative estimate of drug-likeness (QED) is 0.897. The Morgan fingerprint density at radius 3 is 2.87 bits per heavy atom. The van der Waals surface area contributed by atoms with E-state index in [9.17, 15) is 4.79 Å². The van der Waals surface area contributed by atoms with E-state index in [0.29, 0.717) is 21.6 Å². The summed E-state index contributed by atoms with van der Waals surface area (Å²) >= 11 is 9.05. The highest BCUT2D eigenvalue weighted by Gasteiger charge is 2.09. The van der Waals surface area contributed by atoms with Gasteiger partial charge in [-0.2, -0.15) is 0 Å². The van der Waals surface area contributed by atoms with Crippen LogP contribution in [0.15, 0.2) is 22.7 Å². The third-order valence-electron chi connectivity index (χ3n) is 1.76. The molecular weight excluding hydrogens is 279 g/mol. The Morgan fingerprint density at radius 2 is 2.33 bits per heavy atom. The number of hydrogen-bond acceptors (Lipinski definition) is 2. The molecule has 3 N–H and O–H groups in total. The fourth-order valence-electron chi connectivity index (χ4n) is 1.02. The van der Waals surface area contributed by atoms with Crippen LogP contribution in [0, 0.1) is 0 Å². The van der Waals surface area contributed by atoms with Crippen LogP contribution in [0.4, 0.5) is 0 Å². The lowest BCUT2D eigenvalue weighted by Crippen LogP contribution is -2.35. The number of carbonyl (C=O) groups is 1. The summed E-state index contributed by atoms with van der Waals surface area (Å²) in [6.07, 6.45) is 0. The fourth-order valence-corrected chi connectivity index (χ4v) is 1.89. The monoisotopic (exact) mass is 290 g/mol. The van der Waals surface area contributed by atoms with E-state index in [-0.39, 0.29) is 11.9 Å². The van der Waals surface area contributed by atoms with E-state index in [1.165, 1.54) is 0 Å². The van der Waals surface area contributed by atoms with Crippen molar-refractivity contribution >= 4 is 33.4 Å². The van der Waals surface area contributed by atoms with E-state index in [2.05, 4.69) is 21.2 Å². The topological polar surface area (TPSA) is 55.1 Å². The molecule has 0 saturated carbocycles. The molecule has 82 valence electrons. The van der Waals surface area contributed by atoms with Crippen molar-refractivity contribution < 1.29 is 4.79 Å². The second-order valence-electron chi connectivity index (χ2n) is 3.31. The highest BCUT2D eigenvalue weighted by molar-refractivity contribution is 9.10. The Balaban J connectivity index is 2.74. The summed E-state index contributed by atoms with van der Waals surface area (Å²) in [6, 6.07) is 4.97. The number of nitrogens with two attached hydrogens (primary N) is 1. The average molecular weight is 292 g/mol. The van der Waals surface area contributed by atoms with Gasteiger partial charge in [0.05, 0.1) is 5.56 Å². The van der Waals surface area contributed by atoms with E-state index in [1.807, 2.05) is 6.92 Å². The number of hydrogen-bond donors (Lipinski definition) is 2. The number of nitrogens with one attached hydrogen (secondary N) is 1. The fraction of sp³-hybridized carbons (Fsp3) is 0.300. The molecule has 0 aromatic heterocycles. The first kappa shape index (κ1) is 12.5. The predicted octanol–water partition coefficient (Wildman–Crippen LogP) is 2.18. The van der Waals surface area contributed by atoms with E-state index < -0.39 is 0 Å². The zero-order valence-corrected chi connectivity index (χ0v) is 10.6. The molecule has 0 heterocycles. The van der Waals surface area contributed by atoms with Crippen molar-refractivity contribution in [1.29, 1.82) is 0 Å². The highest BCUT2D eigenvalue weighted by atomic mass is 79.9. The van der Waals surface area contributed by atoms with E-state index in [0.717, 1.165) is 0 Å². The van der Waals surface area contributed by atoms with Crippen LogP contribution < -0.4 is 11.1 Å². The van der Waals surface area contributed by atoms with Crippen molar-refractivity contribution in [3.8, 4) is 0 Å². The van der Waals surface area contributed by atoms with Gasteiger partial charge < -0.3 is 11.1 Å². The second kappa shape index (κ2) is 5.49. The van der Waals surface area contributed by atoms with Crippen molar-refractivity contribution in [3.63, 3.8) is 0 Å². The number of halogens is 2. The van der Waals surface area contributed by atoms with Crippen LogP contribution >= 0.6 is 27.5 Å². The molecule has 0 bridgehead atoms.